The maximum Gasteiger partial charge on any atom is 0.240 e. The number of hydrogen-bond donors (Lipinski definition) is 2. The van der Waals surface area contributed by atoms with Crippen LogP contribution in [0.3, 0.4) is 0 Å². The molecule has 6 nitrogen and oxygen atoms in total. The SMILES string of the molecule is CCC1(O)CCCN(c2nnc(N)nc2-c2ccccc2)C1. The molecule has 1 unspecified atom stereocenters. The minimum absolute atomic E-state index is 0.158. The monoisotopic (exact) mass is 299 g/mol. The number of aromatic nitrogens is 3. The van der Waals surface area contributed by atoms with Crippen molar-refractivity contribution in [3.63, 3.8) is 0 Å². The number of β-amino-alcohol motifs (C(OH)–C–C–N with tert-alkyl or cyclic N) is 1. The summed E-state index contributed by atoms with van der Waals surface area (Å²) in [5.74, 6) is 0.845. The molecule has 1 aromatic carbocycles. The van der Waals surface area contributed by atoms with E-state index in [9.17, 15) is 5.11 Å². The van der Waals surface area contributed by atoms with Gasteiger partial charge in [-0.05, 0) is 19.3 Å². The molecule has 6 heteroatoms. The summed E-state index contributed by atoms with van der Waals surface area (Å²) in [6, 6.07) is 9.82. The Bertz CT molecular complexity index is 648. The molecule has 1 atom stereocenters. The van der Waals surface area contributed by atoms with Gasteiger partial charge in [0.05, 0.1) is 5.60 Å². The topological polar surface area (TPSA) is 88.2 Å². The Hall–Kier alpha value is -2.21. The molecule has 0 bridgehead atoms. The van der Waals surface area contributed by atoms with Crippen LogP contribution in [0.25, 0.3) is 11.3 Å². The van der Waals surface area contributed by atoms with Crippen molar-refractivity contribution in [1.29, 1.82) is 0 Å². The van der Waals surface area contributed by atoms with Crippen LogP contribution >= 0.6 is 0 Å². The molecule has 0 saturated carbocycles. The van der Waals surface area contributed by atoms with E-state index in [4.69, 9.17) is 5.73 Å². The lowest BCUT2D eigenvalue weighted by molar-refractivity contribution is 0.0221. The van der Waals surface area contributed by atoms with Gasteiger partial charge in [-0.15, -0.1) is 10.2 Å². The first-order valence-corrected chi connectivity index (χ1v) is 7.64. The van der Waals surface area contributed by atoms with Crippen LogP contribution in [0.15, 0.2) is 30.3 Å². The van der Waals surface area contributed by atoms with Gasteiger partial charge < -0.3 is 15.7 Å². The zero-order valence-electron chi connectivity index (χ0n) is 12.7. The molecule has 0 spiro atoms. The average molecular weight is 299 g/mol. The van der Waals surface area contributed by atoms with Crippen molar-refractivity contribution in [2.45, 2.75) is 31.8 Å². The summed E-state index contributed by atoms with van der Waals surface area (Å²) >= 11 is 0. The van der Waals surface area contributed by atoms with Crippen LogP contribution in [-0.2, 0) is 0 Å². The maximum atomic E-state index is 10.6. The standard InChI is InChI=1S/C16H21N5O/c1-2-16(22)9-6-10-21(11-16)14-13(18-15(17)20-19-14)12-7-4-3-5-8-12/h3-5,7-8,22H,2,6,9-11H2,1H3,(H2,17,18,20). The fraction of sp³-hybridized carbons (Fsp3) is 0.438. The van der Waals surface area contributed by atoms with E-state index >= 15 is 0 Å². The van der Waals surface area contributed by atoms with Crippen molar-refractivity contribution < 1.29 is 5.11 Å². The predicted octanol–water partition coefficient (Wildman–Crippen LogP) is 1.86. The fourth-order valence-electron chi connectivity index (χ4n) is 2.92. The van der Waals surface area contributed by atoms with Crippen molar-refractivity contribution in [3.05, 3.63) is 30.3 Å². The van der Waals surface area contributed by atoms with Crippen LogP contribution in [-0.4, -0.2) is 39.0 Å². The Morgan fingerprint density at radius 1 is 1.27 bits per heavy atom. The van der Waals surface area contributed by atoms with Crippen LogP contribution in [0.1, 0.15) is 26.2 Å². The largest absolute Gasteiger partial charge is 0.388 e. The summed E-state index contributed by atoms with van der Waals surface area (Å²) in [5.41, 5.74) is 6.71. The maximum absolute atomic E-state index is 10.6. The smallest absolute Gasteiger partial charge is 0.240 e. The van der Waals surface area contributed by atoms with E-state index in [0.717, 1.165) is 31.4 Å². The number of nitrogens with two attached hydrogens (primary N) is 1. The highest BCUT2D eigenvalue weighted by atomic mass is 16.3. The molecule has 1 aliphatic rings. The first-order chi connectivity index (χ1) is 10.6. The van der Waals surface area contributed by atoms with Gasteiger partial charge in [0.15, 0.2) is 5.82 Å². The van der Waals surface area contributed by atoms with E-state index in [1.165, 1.54) is 0 Å². The molecule has 1 aromatic heterocycles. The van der Waals surface area contributed by atoms with E-state index in [1.807, 2.05) is 37.3 Å². The van der Waals surface area contributed by atoms with E-state index in [1.54, 1.807) is 0 Å². The summed E-state index contributed by atoms with van der Waals surface area (Å²) in [6.07, 6.45) is 2.46. The second kappa shape index (κ2) is 5.88. The Balaban J connectivity index is 2.00. The molecule has 2 heterocycles. The third-order valence-electron chi connectivity index (χ3n) is 4.25. The number of aliphatic hydroxyl groups is 1. The lowest BCUT2D eigenvalue weighted by Gasteiger charge is -2.39. The second-order valence-corrected chi connectivity index (χ2v) is 5.81. The van der Waals surface area contributed by atoms with Gasteiger partial charge in [0.25, 0.3) is 0 Å². The number of hydrogen-bond acceptors (Lipinski definition) is 6. The van der Waals surface area contributed by atoms with E-state index < -0.39 is 5.60 Å². The van der Waals surface area contributed by atoms with E-state index in [0.29, 0.717) is 18.1 Å². The van der Waals surface area contributed by atoms with Gasteiger partial charge >= 0.3 is 0 Å². The lowest BCUT2D eigenvalue weighted by atomic mass is 9.90. The Morgan fingerprint density at radius 2 is 2.05 bits per heavy atom. The van der Waals surface area contributed by atoms with Gasteiger partial charge in [-0.1, -0.05) is 37.3 Å². The predicted molar refractivity (Wildman–Crippen MR) is 86.4 cm³/mol. The zero-order chi connectivity index (χ0) is 15.6. The molecule has 1 aliphatic heterocycles. The summed E-state index contributed by atoms with van der Waals surface area (Å²) in [5, 5.41) is 18.8. The number of anilines is 2. The molecule has 0 aliphatic carbocycles. The molecule has 3 N–H and O–H groups in total. The summed E-state index contributed by atoms with van der Waals surface area (Å²) in [6.45, 7) is 3.39. The normalized spacial score (nSPS) is 21.8. The molecule has 3 rings (SSSR count). The first-order valence-electron chi connectivity index (χ1n) is 7.64. The molecule has 1 fully saturated rings. The molecular formula is C16H21N5O. The molecule has 0 radical (unpaired) electrons. The Morgan fingerprint density at radius 3 is 2.77 bits per heavy atom. The van der Waals surface area contributed by atoms with E-state index in [2.05, 4.69) is 20.1 Å². The Labute approximate surface area is 130 Å². The third-order valence-corrected chi connectivity index (χ3v) is 4.25. The Kier molecular flexibility index (Phi) is 3.94. The first kappa shape index (κ1) is 14.7. The highest BCUT2D eigenvalue weighted by Crippen LogP contribution is 2.32. The fourth-order valence-corrected chi connectivity index (χ4v) is 2.92. The molecule has 116 valence electrons. The highest BCUT2D eigenvalue weighted by molar-refractivity contribution is 5.72. The number of nitrogens with zero attached hydrogens (tertiary/aromatic N) is 4. The summed E-state index contributed by atoms with van der Waals surface area (Å²) < 4.78 is 0. The van der Waals surface area contributed by atoms with Crippen molar-refractivity contribution in [1.82, 2.24) is 15.2 Å². The minimum Gasteiger partial charge on any atom is -0.388 e. The van der Waals surface area contributed by atoms with Crippen LogP contribution in [0.5, 0.6) is 0 Å². The molecule has 2 aromatic rings. The van der Waals surface area contributed by atoms with Gasteiger partial charge in [0.2, 0.25) is 5.95 Å². The van der Waals surface area contributed by atoms with Crippen molar-refractivity contribution in [3.8, 4) is 11.3 Å². The van der Waals surface area contributed by atoms with Gasteiger partial charge in [-0.25, -0.2) is 4.98 Å². The molecule has 1 saturated heterocycles. The molecule has 22 heavy (non-hydrogen) atoms. The van der Waals surface area contributed by atoms with Gasteiger partial charge in [-0.2, -0.15) is 0 Å². The zero-order valence-corrected chi connectivity index (χ0v) is 12.7. The van der Waals surface area contributed by atoms with Gasteiger partial charge in [0, 0.05) is 18.7 Å². The van der Waals surface area contributed by atoms with Crippen LogP contribution in [0.4, 0.5) is 11.8 Å². The number of rotatable bonds is 3. The van der Waals surface area contributed by atoms with Gasteiger partial charge in [0.1, 0.15) is 5.69 Å². The number of piperidine rings is 1. The minimum atomic E-state index is -0.671. The highest BCUT2D eigenvalue weighted by Gasteiger charge is 2.33. The van der Waals surface area contributed by atoms with Crippen LogP contribution in [0, 0.1) is 0 Å². The summed E-state index contributed by atoms with van der Waals surface area (Å²) in [4.78, 5) is 6.44. The van der Waals surface area contributed by atoms with Crippen molar-refractivity contribution in [2.75, 3.05) is 23.7 Å². The summed E-state index contributed by atoms with van der Waals surface area (Å²) in [7, 11) is 0. The number of benzene rings is 1. The van der Waals surface area contributed by atoms with Crippen LogP contribution < -0.4 is 10.6 Å². The number of nitrogen functional groups attached to an aromatic ring is 1. The molecular weight excluding hydrogens is 278 g/mol. The van der Waals surface area contributed by atoms with Gasteiger partial charge in [-0.3, -0.25) is 0 Å². The van der Waals surface area contributed by atoms with Crippen molar-refractivity contribution >= 4 is 11.8 Å². The second-order valence-electron chi connectivity index (χ2n) is 5.81. The van der Waals surface area contributed by atoms with Crippen LogP contribution in [0.2, 0.25) is 0 Å². The third kappa shape index (κ3) is 2.87. The van der Waals surface area contributed by atoms with E-state index in [-0.39, 0.29) is 5.95 Å². The lowest BCUT2D eigenvalue weighted by Crippen LogP contribution is -2.48. The van der Waals surface area contributed by atoms with Crippen molar-refractivity contribution in [2.24, 2.45) is 0 Å². The average Bonchev–Trinajstić information content (AvgIpc) is 2.55. The quantitative estimate of drug-likeness (QED) is 0.899. The molecule has 0 amide bonds.